The van der Waals surface area contributed by atoms with Crippen LogP contribution in [0.1, 0.15) is 23.1 Å². The molecule has 0 amide bonds. The van der Waals surface area contributed by atoms with Crippen LogP contribution in [0.2, 0.25) is 0 Å². The Bertz CT molecular complexity index is 374. The number of nitrogens with one attached hydrogen (secondary N) is 1. The molecule has 1 heterocycles. The van der Waals surface area contributed by atoms with Gasteiger partial charge in [0.05, 0.1) is 7.11 Å². The number of fused-ring (bicyclic) bond motifs is 1. The molecule has 0 aliphatic carbocycles. The molecule has 1 aliphatic heterocycles. The zero-order valence-corrected chi connectivity index (χ0v) is 8.88. The molecule has 0 spiro atoms. The van der Waals surface area contributed by atoms with Crippen molar-refractivity contribution < 1.29 is 9.53 Å². The van der Waals surface area contributed by atoms with E-state index in [9.17, 15) is 4.79 Å². The van der Waals surface area contributed by atoms with Gasteiger partial charge >= 0.3 is 5.97 Å². The molecule has 15 heavy (non-hydrogen) atoms. The third kappa shape index (κ3) is 2.18. The van der Waals surface area contributed by atoms with Gasteiger partial charge in [0, 0.05) is 19.5 Å². The van der Waals surface area contributed by atoms with Gasteiger partial charge < -0.3 is 10.1 Å². The number of hydrogen-bond acceptors (Lipinski definition) is 3. The molecule has 1 aliphatic rings. The van der Waals surface area contributed by atoms with Crippen molar-refractivity contribution in [2.45, 2.75) is 25.9 Å². The van der Waals surface area contributed by atoms with Gasteiger partial charge in [-0.2, -0.15) is 0 Å². The summed E-state index contributed by atoms with van der Waals surface area (Å²) < 4.78 is 4.64. The molecule has 1 N–H and O–H groups in total. The fourth-order valence-electron chi connectivity index (χ4n) is 1.98. The SMILES string of the molecule is COC(=O)CCc1cccc2c1CNC2. The lowest BCUT2D eigenvalue weighted by atomic mass is 10.00. The van der Waals surface area contributed by atoms with Gasteiger partial charge in [0.15, 0.2) is 0 Å². The van der Waals surface area contributed by atoms with E-state index in [2.05, 4.69) is 28.3 Å². The largest absolute Gasteiger partial charge is 0.469 e. The van der Waals surface area contributed by atoms with Crippen LogP contribution in [0.4, 0.5) is 0 Å². The van der Waals surface area contributed by atoms with Crippen LogP contribution < -0.4 is 5.32 Å². The predicted octanol–water partition coefficient (Wildman–Crippen LogP) is 1.40. The highest BCUT2D eigenvalue weighted by Crippen LogP contribution is 2.20. The average Bonchev–Trinajstić information content (AvgIpc) is 2.74. The highest BCUT2D eigenvalue weighted by molar-refractivity contribution is 5.69. The number of benzene rings is 1. The summed E-state index contributed by atoms with van der Waals surface area (Å²) in [6.07, 6.45) is 1.24. The van der Waals surface area contributed by atoms with E-state index >= 15 is 0 Å². The fourth-order valence-corrected chi connectivity index (χ4v) is 1.98. The molecule has 80 valence electrons. The number of hydrogen-bond donors (Lipinski definition) is 1. The lowest BCUT2D eigenvalue weighted by molar-refractivity contribution is -0.140. The molecule has 1 aromatic carbocycles. The number of carbonyl (C=O) groups excluding carboxylic acids is 1. The summed E-state index contributed by atoms with van der Waals surface area (Å²) in [6, 6.07) is 6.28. The Morgan fingerprint density at radius 3 is 3.13 bits per heavy atom. The van der Waals surface area contributed by atoms with E-state index in [-0.39, 0.29) is 5.97 Å². The summed E-state index contributed by atoms with van der Waals surface area (Å²) in [5.74, 6) is -0.140. The van der Waals surface area contributed by atoms with Crippen LogP contribution in [0.3, 0.4) is 0 Å². The zero-order chi connectivity index (χ0) is 10.7. The molecule has 0 aromatic heterocycles. The number of methoxy groups -OCH3 is 1. The van der Waals surface area contributed by atoms with Crippen LogP contribution in [0.15, 0.2) is 18.2 Å². The summed E-state index contributed by atoms with van der Waals surface area (Å²) in [5.41, 5.74) is 3.99. The fraction of sp³-hybridized carbons (Fsp3) is 0.417. The van der Waals surface area contributed by atoms with Crippen LogP contribution in [-0.4, -0.2) is 13.1 Å². The maximum atomic E-state index is 11.0. The zero-order valence-electron chi connectivity index (χ0n) is 8.88. The monoisotopic (exact) mass is 205 g/mol. The minimum Gasteiger partial charge on any atom is -0.469 e. The van der Waals surface area contributed by atoms with Crippen molar-refractivity contribution in [3.8, 4) is 0 Å². The van der Waals surface area contributed by atoms with Gasteiger partial charge in [-0.3, -0.25) is 4.79 Å². The second-order valence-corrected chi connectivity index (χ2v) is 3.73. The quantitative estimate of drug-likeness (QED) is 0.758. The van der Waals surface area contributed by atoms with Crippen LogP contribution >= 0.6 is 0 Å². The summed E-state index contributed by atoms with van der Waals surface area (Å²) in [4.78, 5) is 11.0. The molecule has 1 aromatic rings. The van der Waals surface area contributed by atoms with Gasteiger partial charge in [0.2, 0.25) is 0 Å². The molecule has 3 nitrogen and oxygen atoms in total. The lowest BCUT2D eigenvalue weighted by Gasteiger charge is -2.06. The number of esters is 1. The van der Waals surface area contributed by atoms with E-state index in [1.165, 1.54) is 23.8 Å². The van der Waals surface area contributed by atoms with Crippen LogP contribution in [0.5, 0.6) is 0 Å². The second-order valence-electron chi connectivity index (χ2n) is 3.73. The molecule has 0 fully saturated rings. The lowest BCUT2D eigenvalue weighted by Crippen LogP contribution is -2.04. The van der Waals surface area contributed by atoms with Crippen molar-refractivity contribution in [2.24, 2.45) is 0 Å². The highest BCUT2D eigenvalue weighted by Gasteiger charge is 2.14. The molecular weight excluding hydrogens is 190 g/mol. The first kappa shape index (κ1) is 10.2. The Balaban J connectivity index is 2.09. The minimum absolute atomic E-state index is 0.140. The van der Waals surface area contributed by atoms with Gasteiger partial charge in [0.25, 0.3) is 0 Å². The molecular formula is C12H15NO2. The van der Waals surface area contributed by atoms with Crippen molar-refractivity contribution in [1.82, 2.24) is 5.32 Å². The first-order valence-corrected chi connectivity index (χ1v) is 5.18. The standard InChI is InChI=1S/C12H15NO2/c1-15-12(14)6-5-9-3-2-4-10-7-13-8-11(9)10/h2-4,13H,5-8H2,1H3. The van der Waals surface area contributed by atoms with Crippen LogP contribution in [-0.2, 0) is 29.0 Å². The third-order valence-corrected chi connectivity index (χ3v) is 2.81. The predicted molar refractivity (Wildman–Crippen MR) is 57.3 cm³/mol. The molecule has 0 unspecified atom stereocenters. The molecule has 0 atom stereocenters. The van der Waals surface area contributed by atoms with Gasteiger partial charge in [-0.25, -0.2) is 0 Å². The molecule has 0 bridgehead atoms. The number of carbonyl (C=O) groups is 1. The van der Waals surface area contributed by atoms with Gasteiger partial charge in [0.1, 0.15) is 0 Å². The summed E-state index contributed by atoms with van der Waals surface area (Å²) in [6.45, 7) is 1.87. The summed E-state index contributed by atoms with van der Waals surface area (Å²) >= 11 is 0. The Kier molecular flexibility index (Phi) is 3.02. The minimum atomic E-state index is -0.140. The summed E-state index contributed by atoms with van der Waals surface area (Å²) in [7, 11) is 1.43. The smallest absolute Gasteiger partial charge is 0.305 e. The third-order valence-electron chi connectivity index (χ3n) is 2.81. The van der Waals surface area contributed by atoms with E-state index < -0.39 is 0 Å². The molecule has 0 radical (unpaired) electrons. The topological polar surface area (TPSA) is 38.3 Å². The van der Waals surface area contributed by atoms with Crippen molar-refractivity contribution in [3.63, 3.8) is 0 Å². The van der Waals surface area contributed by atoms with Crippen molar-refractivity contribution >= 4 is 5.97 Å². The second kappa shape index (κ2) is 4.45. The Morgan fingerprint density at radius 1 is 1.47 bits per heavy atom. The van der Waals surface area contributed by atoms with Crippen LogP contribution in [0, 0.1) is 0 Å². The average molecular weight is 205 g/mol. The van der Waals surface area contributed by atoms with Gasteiger partial charge in [-0.05, 0) is 23.1 Å². The molecule has 2 rings (SSSR count). The first-order valence-electron chi connectivity index (χ1n) is 5.18. The normalized spacial score (nSPS) is 13.7. The van der Waals surface area contributed by atoms with Gasteiger partial charge in [-0.1, -0.05) is 18.2 Å². The van der Waals surface area contributed by atoms with E-state index in [4.69, 9.17) is 0 Å². The van der Waals surface area contributed by atoms with E-state index in [0.29, 0.717) is 6.42 Å². The van der Waals surface area contributed by atoms with Crippen LogP contribution in [0.25, 0.3) is 0 Å². The van der Waals surface area contributed by atoms with Crippen molar-refractivity contribution in [2.75, 3.05) is 7.11 Å². The number of aryl methyl sites for hydroxylation is 1. The van der Waals surface area contributed by atoms with E-state index in [1.807, 2.05) is 0 Å². The first-order chi connectivity index (χ1) is 7.31. The Hall–Kier alpha value is -1.35. The highest BCUT2D eigenvalue weighted by atomic mass is 16.5. The Labute approximate surface area is 89.4 Å². The molecule has 3 heteroatoms. The maximum absolute atomic E-state index is 11.0. The molecule has 0 saturated heterocycles. The molecule has 0 saturated carbocycles. The summed E-state index contributed by atoms with van der Waals surface area (Å²) in [5, 5.41) is 3.31. The number of rotatable bonds is 3. The van der Waals surface area contributed by atoms with E-state index in [1.54, 1.807) is 0 Å². The van der Waals surface area contributed by atoms with Crippen molar-refractivity contribution in [1.29, 1.82) is 0 Å². The maximum Gasteiger partial charge on any atom is 0.305 e. The number of ether oxygens (including phenoxy) is 1. The van der Waals surface area contributed by atoms with Crippen molar-refractivity contribution in [3.05, 3.63) is 34.9 Å². The van der Waals surface area contributed by atoms with Gasteiger partial charge in [-0.15, -0.1) is 0 Å². The Morgan fingerprint density at radius 2 is 2.33 bits per heavy atom. The van der Waals surface area contributed by atoms with E-state index in [0.717, 1.165) is 19.5 Å².